The van der Waals surface area contributed by atoms with E-state index in [4.69, 9.17) is 14.2 Å². The summed E-state index contributed by atoms with van der Waals surface area (Å²) in [6, 6.07) is 8.24. The Morgan fingerprint density at radius 1 is 1.25 bits per heavy atom. The number of benzene rings is 1. The SMILES string of the molecule is COC(C)(C)CCOc1ccc(C2OCC2(C)C)cc1. The number of methoxy groups -OCH3 is 1. The van der Waals surface area contributed by atoms with Gasteiger partial charge in [0.15, 0.2) is 0 Å². The molecule has 20 heavy (non-hydrogen) atoms. The second kappa shape index (κ2) is 5.74. The Labute approximate surface area is 122 Å². The van der Waals surface area contributed by atoms with E-state index in [1.807, 2.05) is 12.1 Å². The first-order valence-corrected chi connectivity index (χ1v) is 7.24. The van der Waals surface area contributed by atoms with E-state index >= 15 is 0 Å². The van der Waals surface area contributed by atoms with Crippen molar-refractivity contribution >= 4 is 0 Å². The highest BCUT2D eigenvalue weighted by Gasteiger charge is 2.40. The summed E-state index contributed by atoms with van der Waals surface area (Å²) in [7, 11) is 1.73. The summed E-state index contributed by atoms with van der Waals surface area (Å²) in [4.78, 5) is 0. The fourth-order valence-electron chi connectivity index (χ4n) is 2.30. The van der Waals surface area contributed by atoms with Crippen molar-refractivity contribution in [2.75, 3.05) is 20.3 Å². The fourth-order valence-corrected chi connectivity index (χ4v) is 2.30. The lowest BCUT2D eigenvalue weighted by molar-refractivity contribution is -0.172. The van der Waals surface area contributed by atoms with Gasteiger partial charge in [0.05, 0.1) is 24.9 Å². The molecule has 0 spiro atoms. The fraction of sp³-hybridized carbons (Fsp3) is 0.647. The van der Waals surface area contributed by atoms with Crippen molar-refractivity contribution in [1.82, 2.24) is 0 Å². The van der Waals surface area contributed by atoms with E-state index in [9.17, 15) is 0 Å². The summed E-state index contributed by atoms with van der Waals surface area (Å²) in [5.41, 5.74) is 1.33. The molecule has 2 rings (SSSR count). The summed E-state index contributed by atoms with van der Waals surface area (Å²) in [6.45, 7) is 10.1. The molecule has 0 bridgehead atoms. The van der Waals surface area contributed by atoms with Crippen molar-refractivity contribution in [1.29, 1.82) is 0 Å². The van der Waals surface area contributed by atoms with Crippen LogP contribution in [0.15, 0.2) is 24.3 Å². The second-order valence-electron chi connectivity index (χ2n) is 6.81. The van der Waals surface area contributed by atoms with Gasteiger partial charge in [0.2, 0.25) is 0 Å². The molecule has 0 amide bonds. The molecule has 1 heterocycles. The summed E-state index contributed by atoms with van der Waals surface area (Å²) in [5.74, 6) is 0.901. The summed E-state index contributed by atoms with van der Waals surface area (Å²) in [5, 5.41) is 0. The van der Waals surface area contributed by atoms with Gasteiger partial charge >= 0.3 is 0 Å². The van der Waals surface area contributed by atoms with Crippen molar-refractivity contribution in [2.45, 2.75) is 45.8 Å². The maximum atomic E-state index is 5.76. The van der Waals surface area contributed by atoms with E-state index in [2.05, 4.69) is 39.8 Å². The second-order valence-corrected chi connectivity index (χ2v) is 6.81. The minimum atomic E-state index is -0.135. The molecule has 1 aromatic carbocycles. The average molecular weight is 278 g/mol. The largest absolute Gasteiger partial charge is 0.493 e. The molecule has 1 aliphatic rings. The van der Waals surface area contributed by atoms with Crippen LogP contribution in [0, 0.1) is 5.41 Å². The lowest BCUT2D eigenvalue weighted by Gasteiger charge is -2.44. The molecule has 1 saturated heterocycles. The maximum absolute atomic E-state index is 5.76. The first-order chi connectivity index (χ1) is 9.34. The standard InChI is InChI=1S/C17H26O3/c1-16(2)12-20-15(16)13-6-8-14(9-7-13)19-11-10-17(3,4)18-5/h6-9,15H,10-12H2,1-5H3. The van der Waals surface area contributed by atoms with Gasteiger partial charge in [-0.3, -0.25) is 0 Å². The van der Waals surface area contributed by atoms with E-state index in [1.165, 1.54) is 5.56 Å². The molecule has 1 aliphatic heterocycles. The van der Waals surface area contributed by atoms with E-state index in [0.29, 0.717) is 6.61 Å². The molecule has 3 heteroatoms. The van der Waals surface area contributed by atoms with Gasteiger partial charge < -0.3 is 14.2 Å². The molecule has 1 unspecified atom stereocenters. The van der Waals surface area contributed by atoms with Gasteiger partial charge in [0, 0.05) is 18.9 Å². The lowest BCUT2D eigenvalue weighted by Crippen LogP contribution is -2.40. The normalized spacial score (nSPS) is 21.4. The number of hydrogen-bond acceptors (Lipinski definition) is 3. The first kappa shape index (κ1) is 15.3. The Kier molecular flexibility index (Phi) is 4.40. The molecule has 1 aromatic rings. The molecular weight excluding hydrogens is 252 g/mol. The zero-order chi connectivity index (χ0) is 14.8. The van der Waals surface area contributed by atoms with Crippen molar-refractivity contribution in [3.63, 3.8) is 0 Å². The smallest absolute Gasteiger partial charge is 0.119 e. The zero-order valence-electron chi connectivity index (χ0n) is 13.2. The van der Waals surface area contributed by atoms with Crippen molar-refractivity contribution < 1.29 is 14.2 Å². The summed E-state index contributed by atoms with van der Waals surface area (Å²) < 4.78 is 16.8. The molecular formula is C17H26O3. The van der Waals surface area contributed by atoms with Crippen LogP contribution >= 0.6 is 0 Å². The predicted molar refractivity (Wildman–Crippen MR) is 80.1 cm³/mol. The van der Waals surface area contributed by atoms with Crippen LogP contribution < -0.4 is 4.74 Å². The van der Waals surface area contributed by atoms with Crippen LogP contribution in [-0.2, 0) is 9.47 Å². The minimum Gasteiger partial charge on any atom is -0.493 e. The topological polar surface area (TPSA) is 27.7 Å². The molecule has 0 aromatic heterocycles. The van der Waals surface area contributed by atoms with E-state index in [1.54, 1.807) is 7.11 Å². The Bertz CT molecular complexity index is 434. The molecule has 3 nitrogen and oxygen atoms in total. The van der Waals surface area contributed by atoms with Gasteiger partial charge in [-0.25, -0.2) is 0 Å². The number of rotatable bonds is 6. The molecule has 0 N–H and O–H groups in total. The summed E-state index contributed by atoms with van der Waals surface area (Å²) in [6.07, 6.45) is 1.08. The van der Waals surface area contributed by atoms with Crippen molar-refractivity contribution in [3.8, 4) is 5.75 Å². The Morgan fingerprint density at radius 3 is 2.35 bits per heavy atom. The van der Waals surface area contributed by atoms with Gasteiger partial charge in [-0.2, -0.15) is 0 Å². The van der Waals surface area contributed by atoms with Gasteiger partial charge in [-0.1, -0.05) is 26.0 Å². The lowest BCUT2D eigenvalue weighted by atomic mass is 9.79. The molecule has 1 fully saturated rings. The van der Waals surface area contributed by atoms with Gasteiger partial charge in [-0.15, -0.1) is 0 Å². The molecule has 112 valence electrons. The Balaban J connectivity index is 1.86. The zero-order valence-corrected chi connectivity index (χ0v) is 13.2. The predicted octanol–water partition coefficient (Wildman–Crippen LogP) is 3.98. The van der Waals surface area contributed by atoms with Crippen LogP contribution in [0.25, 0.3) is 0 Å². The van der Waals surface area contributed by atoms with Crippen molar-refractivity contribution in [2.24, 2.45) is 5.41 Å². The molecule has 0 saturated carbocycles. The van der Waals surface area contributed by atoms with Crippen LogP contribution in [0.3, 0.4) is 0 Å². The van der Waals surface area contributed by atoms with E-state index in [-0.39, 0.29) is 17.1 Å². The third kappa shape index (κ3) is 3.53. The first-order valence-electron chi connectivity index (χ1n) is 7.24. The van der Waals surface area contributed by atoms with Crippen molar-refractivity contribution in [3.05, 3.63) is 29.8 Å². The maximum Gasteiger partial charge on any atom is 0.119 e. The van der Waals surface area contributed by atoms with Crippen LogP contribution in [0.1, 0.15) is 45.8 Å². The molecule has 1 atom stereocenters. The highest BCUT2D eigenvalue weighted by atomic mass is 16.5. The van der Waals surface area contributed by atoms with Crippen LogP contribution in [0.4, 0.5) is 0 Å². The van der Waals surface area contributed by atoms with Crippen LogP contribution in [0.2, 0.25) is 0 Å². The number of hydrogen-bond donors (Lipinski definition) is 0. The van der Waals surface area contributed by atoms with Gasteiger partial charge in [0.1, 0.15) is 5.75 Å². The third-order valence-corrected chi connectivity index (χ3v) is 4.04. The highest BCUT2D eigenvalue weighted by Crippen LogP contribution is 2.45. The monoisotopic (exact) mass is 278 g/mol. The summed E-state index contributed by atoms with van der Waals surface area (Å²) >= 11 is 0. The highest BCUT2D eigenvalue weighted by molar-refractivity contribution is 5.30. The van der Waals surface area contributed by atoms with Crippen LogP contribution in [-0.4, -0.2) is 25.9 Å². The third-order valence-electron chi connectivity index (χ3n) is 4.04. The molecule has 0 radical (unpaired) electrons. The average Bonchev–Trinajstić information content (AvgIpc) is 2.39. The van der Waals surface area contributed by atoms with E-state index < -0.39 is 0 Å². The Morgan fingerprint density at radius 2 is 1.90 bits per heavy atom. The minimum absolute atomic E-state index is 0.135. The van der Waals surface area contributed by atoms with Crippen LogP contribution in [0.5, 0.6) is 5.75 Å². The molecule has 0 aliphatic carbocycles. The van der Waals surface area contributed by atoms with Gasteiger partial charge in [-0.05, 0) is 31.5 Å². The van der Waals surface area contributed by atoms with Gasteiger partial charge in [0.25, 0.3) is 0 Å². The Hall–Kier alpha value is -1.06. The quantitative estimate of drug-likeness (QED) is 0.788. The van der Waals surface area contributed by atoms with E-state index in [0.717, 1.165) is 18.8 Å². The number of ether oxygens (including phenoxy) is 3.